The highest BCUT2D eigenvalue weighted by Gasteiger charge is 1.95. The molecule has 0 nitrogen and oxygen atoms in total. The van der Waals surface area contributed by atoms with Gasteiger partial charge < -0.3 is 0 Å². The average Bonchev–Trinajstić information content (AvgIpc) is 2.45. The Morgan fingerprint density at radius 1 is 0.556 bits per heavy atom. The minimum Gasteiger partial charge on any atom is -0.0991 e. The fourth-order valence-electron chi connectivity index (χ4n) is 1.88. The van der Waals surface area contributed by atoms with Crippen LogP contribution in [0.1, 0.15) is 0 Å². The highest BCUT2D eigenvalue weighted by Crippen LogP contribution is 2.21. The largest absolute Gasteiger partial charge is 0.0991 e. The molecular formula is C18H16. The molecule has 0 aromatic heterocycles. The average molecular weight is 232 g/mol. The summed E-state index contributed by atoms with van der Waals surface area (Å²) in [5.41, 5.74) is 0. The normalized spacial score (nSPS) is 9.56. The molecule has 0 saturated carbocycles. The number of rotatable bonds is 1. The molecule has 0 saturated heterocycles. The van der Waals surface area contributed by atoms with Crippen molar-refractivity contribution < 1.29 is 0 Å². The first-order chi connectivity index (χ1) is 8.85. The molecule has 0 heteroatoms. The summed E-state index contributed by atoms with van der Waals surface area (Å²) in [4.78, 5) is 0. The van der Waals surface area contributed by atoms with Crippen molar-refractivity contribution in [2.24, 2.45) is 0 Å². The van der Waals surface area contributed by atoms with Crippen LogP contribution < -0.4 is 0 Å². The second-order valence-corrected chi connectivity index (χ2v) is 4.02. The predicted octanol–water partition coefficient (Wildman–Crippen LogP) is 5.35. The zero-order chi connectivity index (χ0) is 12.8. The second-order valence-electron chi connectivity index (χ2n) is 4.02. The summed E-state index contributed by atoms with van der Waals surface area (Å²) in [6.07, 6.45) is 3.28. The van der Waals surface area contributed by atoms with Crippen LogP contribution in [0.2, 0.25) is 0 Å². The van der Waals surface area contributed by atoms with Crippen molar-refractivity contribution in [3.8, 4) is 0 Å². The summed E-state index contributed by atoms with van der Waals surface area (Å²) >= 11 is 0. The van der Waals surface area contributed by atoms with E-state index in [1.807, 2.05) is 0 Å². The maximum absolute atomic E-state index is 3.36. The van der Waals surface area contributed by atoms with Crippen LogP contribution in [0, 0.1) is 0 Å². The topological polar surface area (TPSA) is 0 Å². The van der Waals surface area contributed by atoms with Crippen LogP contribution >= 0.6 is 0 Å². The van der Waals surface area contributed by atoms with E-state index >= 15 is 0 Å². The van der Waals surface area contributed by atoms with Gasteiger partial charge in [-0.25, -0.2) is 0 Å². The fraction of sp³-hybridized carbons (Fsp3) is 0. The van der Waals surface area contributed by atoms with Crippen LogP contribution in [-0.4, -0.2) is 0 Å². The highest BCUT2D eigenvalue weighted by molar-refractivity contribution is 5.98. The molecule has 0 fully saturated rings. The third-order valence-corrected chi connectivity index (χ3v) is 2.78. The molecule has 3 rings (SSSR count). The van der Waals surface area contributed by atoms with Crippen LogP contribution in [0.3, 0.4) is 0 Å². The molecule has 0 heterocycles. The van der Waals surface area contributed by atoms with E-state index in [9.17, 15) is 0 Å². The maximum atomic E-state index is 3.36. The van der Waals surface area contributed by atoms with E-state index in [1.165, 1.54) is 21.5 Å². The Balaban J connectivity index is 0.000000267. The van der Waals surface area contributed by atoms with Gasteiger partial charge >= 0.3 is 0 Å². The molecule has 0 bridgehead atoms. The predicted molar refractivity (Wildman–Crippen MR) is 81.8 cm³/mol. The first-order valence-corrected chi connectivity index (χ1v) is 5.96. The lowest BCUT2D eigenvalue weighted by atomic mass is 10.0. The Morgan fingerprint density at radius 3 is 1.06 bits per heavy atom. The Morgan fingerprint density at radius 2 is 0.833 bits per heavy atom. The summed E-state index contributed by atoms with van der Waals surface area (Å²) < 4.78 is 0. The second kappa shape index (κ2) is 5.83. The SMILES string of the molecule is C=CC=C.c1ccc2cc3ccccc3cc2c1. The van der Waals surface area contributed by atoms with Crippen LogP contribution in [0.15, 0.2) is 86.0 Å². The highest BCUT2D eigenvalue weighted by atomic mass is 14.0. The van der Waals surface area contributed by atoms with Crippen LogP contribution in [-0.2, 0) is 0 Å². The monoisotopic (exact) mass is 232 g/mol. The van der Waals surface area contributed by atoms with Gasteiger partial charge in [-0.15, -0.1) is 0 Å². The Hall–Kier alpha value is -2.34. The number of fused-ring (bicyclic) bond motifs is 2. The Kier molecular flexibility index (Phi) is 3.93. The number of hydrogen-bond donors (Lipinski definition) is 0. The van der Waals surface area contributed by atoms with Crippen molar-refractivity contribution in [1.82, 2.24) is 0 Å². The van der Waals surface area contributed by atoms with Gasteiger partial charge in [-0.1, -0.05) is 73.8 Å². The summed E-state index contributed by atoms with van der Waals surface area (Å²) in [6.45, 7) is 6.72. The minimum absolute atomic E-state index is 1.31. The molecule has 0 atom stereocenters. The van der Waals surface area contributed by atoms with Gasteiger partial charge in [-0.05, 0) is 33.7 Å². The summed E-state index contributed by atoms with van der Waals surface area (Å²) in [7, 11) is 0. The van der Waals surface area contributed by atoms with Crippen molar-refractivity contribution in [1.29, 1.82) is 0 Å². The molecule has 18 heavy (non-hydrogen) atoms. The van der Waals surface area contributed by atoms with Crippen LogP contribution in [0.4, 0.5) is 0 Å². The van der Waals surface area contributed by atoms with Gasteiger partial charge in [0.25, 0.3) is 0 Å². The molecule has 3 aromatic carbocycles. The Bertz CT molecular complexity index is 567. The molecule has 88 valence electrons. The first kappa shape index (κ1) is 12.1. The molecule has 0 aliphatic heterocycles. The number of allylic oxidation sites excluding steroid dienone is 2. The van der Waals surface area contributed by atoms with Gasteiger partial charge in [-0.2, -0.15) is 0 Å². The zero-order valence-corrected chi connectivity index (χ0v) is 10.3. The molecule has 0 amide bonds. The maximum Gasteiger partial charge on any atom is -0.0178 e. The van der Waals surface area contributed by atoms with E-state index in [4.69, 9.17) is 0 Å². The molecule has 0 spiro atoms. The van der Waals surface area contributed by atoms with Gasteiger partial charge in [-0.3, -0.25) is 0 Å². The van der Waals surface area contributed by atoms with E-state index in [0.717, 1.165) is 0 Å². The number of hydrogen-bond acceptors (Lipinski definition) is 0. The molecule has 3 aromatic rings. The number of benzene rings is 3. The molecule has 0 radical (unpaired) electrons. The molecule has 0 aliphatic carbocycles. The lowest BCUT2D eigenvalue weighted by molar-refractivity contribution is 1.76. The van der Waals surface area contributed by atoms with Crippen molar-refractivity contribution >= 4 is 21.5 Å². The lowest BCUT2D eigenvalue weighted by Crippen LogP contribution is -1.74. The quantitative estimate of drug-likeness (QED) is 0.392. The summed E-state index contributed by atoms with van der Waals surface area (Å²) in [5, 5.41) is 5.25. The van der Waals surface area contributed by atoms with E-state index in [1.54, 1.807) is 12.2 Å². The standard InChI is InChI=1S/C14H10.C4H6/c1-2-6-12-10-14-8-4-3-7-13(14)9-11(12)5-1;1-3-4-2/h1-10H;3-4H,1-2H2. The molecular weight excluding hydrogens is 216 g/mol. The van der Waals surface area contributed by atoms with E-state index in [0.29, 0.717) is 0 Å². The first-order valence-electron chi connectivity index (χ1n) is 5.96. The third kappa shape index (κ3) is 2.67. The smallest absolute Gasteiger partial charge is 0.0178 e. The molecule has 0 unspecified atom stereocenters. The zero-order valence-electron chi connectivity index (χ0n) is 10.3. The summed E-state index contributed by atoms with van der Waals surface area (Å²) in [6, 6.07) is 21.4. The van der Waals surface area contributed by atoms with Crippen molar-refractivity contribution in [3.05, 3.63) is 86.0 Å². The van der Waals surface area contributed by atoms with Gasteiger partial charge in [0, 0.05) is 0 Å². The van der Waals surface area contributed by atoms with Gasteiger partial charge in [0.05, 0.1) is 0 Å². The van der Waals surface area contributed by atoms with Crippen LogP contribution in [0.25, 0.3) is 21.5 Å². The van der Waals surface area contributed by atoms with Crippen LogP contribution in [0.5, 0.6) is 0 Å². The minimum atomic E-state index is 1.31. The van der Waals surface area contributed by atoms with Crippen molar-refractivity contribution in [2.75, 3.05) is 0 Å². The van der Waals surface area contributed by atoms with Crippen molar-refractivity contribution in [3.63, 3.8) is 0 Å². The van der Waals surface area contributed by atoms with E-state index < -0.39 is 0 Å². The molecule has 0 N–H and O–H groups in total. The van der Waals surface area contributed by atoms with E-state index in [-0.39, 0.29) is 0 Å². The van der Waals surface area contributed by atoms with Crippen molar-refractivity contribution in [2.45, 2.75) is 0 Å². The lowest BCUT2D eigenvalue weighted by Gasteiger charge is -2.00. The van der Waals surface area contributed by atoms with Gasteiger partial charge in [0.2, 0.25) is 0 Å². The third-order valence-electron chi connectivity index (χ3n) is 2.78. The molecule has 0 aliphatic rings. The fourth-order valence-corrected chi connectivity index (χ4v) is 1.88. The Labute approximate surface area is 108 Å². The summed E-state index contributed by atoms with van der Waals surface area (Å²) in [5.74, 6) is 0. The van der Waals surface area contributed by atoms with E-state index in [2.05, 4.69) is 73.8 Å². The van der Waals surface area contributed by atoms with Gasteiger partial charge in [0.1, 0.15) is 0 Å². The van der Waals surface area contributed by atoms with Gasteiger partial charge in [0.15, 0.2) is 0 Å².